The van der Waals surface area contributed by atoms with Crippen LogP contribution in [-0.2, 0) is 0 Å². The summed E-state index contributed by atoms with van der Waals surface area (Å²) < 4.78 is 24.0. The minimum absolute atomic E-state index is 0.00611. The molecule has 1 aromatic heterocycles. The molecule has 0 bridgehead atoms. The highest BCUT2D eigenvalue weighted by Crippen LogP contribution is 2.31. The third kappa shape index (κ3) is 2.06. The number of aromatic nitrogens is 1. The summed E-state index contributed by atoms with van der Waals surface area (Å²) in [6.45, 7) is 0. The lowest BCUT2D eigenvalue weighted by atomic mass is 10.2. The molecule has 0 saturated heterocycles. The fraction of sp³-hybridized carbons (Fsp3) is 0.0714. The largest absolute Gasteiger partial charge is 0.495 e. The van der Waals surface area contributed by atoms with Crippen LogP contribution in [0.2, 0.25) is 5.02 Å². The smallest absolute Gasteiger partial charge is 0.227 e. The van der Waals surface area contributed by atoms with E-state index >= 15 is 0 Å². The second-order valence-electron chi connectivity index (χ2n) is 4.21. The highest BCUT2D eigenvalue weighted by atomic mass is 35.5. The van der Waals surface area contributed by atoms with Crippen LogP contribution in [0.25, 0.3) is 22.6 Å². The van der Waals surface area contributed by atoms with Gasteiger partial charge in [-0.2, -0.15) is 0 Å². The average Bonchev–Trinajstić information content (AvgIpc) is 2.82. The summed E-state index contributed by atoms with van der Waals surface area (Å²) in [5.41, 5.74) is 7.80. The van der Waals surface area contributed by atoms with Crippen LogP contribution in [0, 0.1) is 5.82 Å². The van der Waals surface area contributed by atoms with Crippen molar-refractivity contribution in [2.75, 3.05) is 12.8 Å². The molecule has 3 rings (SSSR count). The molecule has 2 aromatic carbocycles. The van der Waals surface area contributed by atoms with E-state index in [0.717, 1.165) is 0 Å². The number of hydrogen-bond acceptors (Lipinski definition) is 4. The van der Waals surface area contributed by atoms with Gasteiger partial charge in [-0.25, -0.2) is 9.37 Å². The van der Waals surface area contributed by atoms with Crippen molar-refractivity contribution in [2.24, 2.45) is 0 Å². The number of nitrogen functional groups attached to an aromatic ring is 1. The topological polar surface area (TPSA) is 61.3 Å². The number of halogens is 2. The molecule has 3 aromatic rings. The maximum Gasteiger partial charge on any atom is 0.227 e. The van der Waals surface area contributed by atoms with Gasteiger partial charge in [0, 0.05) is 11.6 Å². The normalized spacial score (nSPS) is 10.9. The van der Waals surface area contributed by atoms with Crippen LogP contribution in [0.3, 0.4) is 0 Å². The molecule has 0 atom stereocenters. The zero-order valence-electron chi connectivity index (χ0n) is 10.5. The first-order valence-corrected chi connectivity index (χ1v) is 6.16. The van der Waals surface area contributed by atoms with Crippen molar-refractivity contribution in [1.29, 1.82) is 0 Å². The van der Waals surface area contributed by atoms with Crippen LogP contribution in [-0.4, -0.2) is 12.1 Å². The first kappa shape index (κ1) is 12.7. The fourth-order valence-corrected chi connectivity index (χ4v) is 2.07. The maximum absolute atomic E-state index is 13.4. The van der Waals surface area contributed by atoms with Gasteiger partial charge in [0.25, 0.3) is 0 Å². The second kappa shape index (κ2) is 4.68. The van der Waals surface area contributed by atoms with Gasteiger partial charge in [-0.1, -0.05) is 11.6 Å². The molecule has 20 heavy (non-hydrogen) atoms. The molecule has 0 saturated carbocycles. The Kier molecular flexibility index (Phi) is 2.99. The second-order valence-corrected chi connectivity index (χ2v) is 4.62. The summed E-state index contributed by atoms with van der Waals surface area (Å²) in [6, 6.07) is 7.79. The third-order valence-electron chi connectivity index (χ3n) is 2.91. The first-order valence-electron chi connectivity index (χ1n) is 5.78. The Balaban J connectivity index is 2.12. The van der Waals surface area contributed by atoms with Gasteiger partial charge >= 0.3 is 0 Å². The van der Waals surface area contributed by atoms with Crippen molar-refractivity contribution in [3.63, 3.8) is 0 Å². The Morgan fingerprint density at radius 1 is 1.30 bits per heavy atom. The minimum Gasteiger partial charge on any atom is -0.495 e. The minimum atomic E-state index is -0.545. The van der Waals surface area contributed by atoms with Crippen LogP contribution < -0.4 is 10.5 Å². The Hall–Kier alpha value is -2.27. The van der Waals surface area contributed by atoms with E-state index in [1.165, 1.54) is 19.2 Å². The van der Waals surface area contributed by atoms with Crippen LogP contribution in [0.1, 0.15) is 0 Å². The number of rotatable bonds is 2. The monoisotopic (exact) mass is 292 g/mol. The molecule has 0 spiro atoms. The summed E-state index contributed by atoms with van der Waals surface area (Å²) in [5.74, 6) is 0.367. The van der Waals surface area contributed by atoms with E-state index in [-0.39, 0.29) is 5.02 Å². The summed E-state index contributed by atoms with van der Waals surface area (Å²) in [6.07, 6.45) is 0. The van der Waals surface area contributed by atoms with Crippen molar-refractivity contribution in [1.82, 2.24) is 4.98 Å². The molecule has 6 heteroatoms. The van der Waals surface area contributed by atoms with E-state index < -0.39 is 5.82 Å². The van der Waals surface area contributed by atoms with E-state index in [2.05, 4.69) is 4.98 Å². The maximum atomic E-state index is 13.4. The fourth-order valence-electron chi connectivity index (χ4n) is 1.91. The molecule has 0 aliphatic heterocycles. The van der Waals surface area contributed by atoms with E-state index in [1.807, 2.05) is 0 Å². The zero-order valence-corrected chi connectivity index (χ0v) is 11.2. The number of methoxy groups -OCH3 is 1. The highest BCUT2D eigenvalue weighted by Gasteiger charge is 2.12. The van der Waals surface area contributed by atoms with Crippen LogP contribution in [0.4, 0.5) is 10.1 Å². The molecule has 0 aliphatic rings. The van der Waals surface area contributed by atoms with Crippen LogP contribution in [0.15, 0.2) is 34.7 Å². The quantitative estimate of drug-likeness (QED) is 0.728. The van der Waals surface area contributed by atoms with Crippen molar-refractivity contribution in [2.45, 2.75) is 0 Å². The predicted molar refractivity (Wildman–Crippen MR) is 75.4 cm³/mol. The van der Waals surface area contributed by atoms with Crippen molar-refractivity contribution >= 4 is 28.4 Å². The van der Waals surface area contributed by atoms with E-state index in [0.29, 0.717) is 34.0 Å². The number of anilines is 1. The van der Waals surface area contributed by atoms with Crippen molar-refractivity contribution in [3.05, 3.63) is 41.2 Å². The number of benzene rings is 2. The van der Waals surface area contributed by atoms with E-state index in [9.17, 15) is 4.39 Å². The molecule has 102 valence electrons. The van der Waals surface area contributed by atoms with Gasteiger partial charge < -0.3 is 14.9 Å². The molecule has 0 fully saturated rings. The number of oxazole rings is 1. The lowest BCUT2D eigenvalue weighted by Gasteiger charge is -2.04. The molecule has 2 N–H and O–H groups in total. The standard InChI is InChI=1S/C14H10ClFN2O2/c1-19-12-3-2-7(4-10(12)17)14-18-11-5-8(15)9(16)6-13(11)20-14/h2-6H,17H2,1H3. The summed E-state index contributed by atoms with van der Waals surface area (Å²) in [7, 11) is 1.54. The first-order chi connectivity index (χ1) is 9.58. The lowest BCUT2D eigenvalue weighted by Crippen LogP contribution is -1.92. The summed E-state index contributed by atoms with van der Waals surface area (Å²) in [5, 5.41) is 0.00611. The Labute approximate surface area is 118 Å². The highest BCUT2D eigenvalue weighted by molar-refractivity contribution is 6.31. The van der Waals surface area contributed by atoms with E-state index in [4.69, 9.17) is 26.5 Å². The van der Waals surface area contributed by atoms with Gasteiger partial charge in [-0.3, -0.25) is 0 Å². The SMILES string of the molecule is COc1ccc(-c2nc3cc(Cl)c(F)cc3o2)cc1N. The Morgan fingerprint density at radius 3 is 2.80 bits per heavy atom. The lowest BCUT2D eigenvalue weighted by molar-refractivity contribution is 0.417. The number of fused-ring (bicyclic) bond motifs is 1. The summed E-state index contributed by atoms with van der Waals surface area (Å²) >= 11 is 5.71. The molecule has 0 aliphatic carbocycles. The summed E-state index contributed by atoms with van der Waals surface area (Å²) in [4.78, 5) is 4.27. The third-order valence-corrected chi connectivity index (χ3v) is 3.20. The van der Waals surface area contributed by atoms with Gasteiger partial charge in [0.1, 0.15) is 17.1 Å². The zero-order chi connectivity index (χ0) is 14.3. The number of ether oxygens (including phenoxy) is 1. The van der Waals surface area contributed by atoms with Gasteiger partial charge in [0.15, 0.2) is 5.58 Å². The molecular formula is C14H10ClFN2O2. The molecular weight excluding hydrogens is 283 g/mol. The number of nitrogens with two attached hydrogens (primary N) is 1. The molecule has 0 amide bonds. The number of hydrogen-bond donors (Lipinski definition) is 1. The Morgan fingerprint density at radius 2 is 2.10 bits per heavy atom. The van der Waals surface area contributed by atoms with Gasteiger partial charge in [-0.05, 0) is 24.3 Å². The van der Waals surface area contributed by atoms with Gasteiger partial charge in [0.05, 0.1) is 17.8 Å². The van der Waals surface area contributed by atoms with Gasteiger partial charge in [-0.15, -0.1) is 0 Å². The van der Waals surface area contributed by atoms with E-state index in [1.54, 1.807) is 18.2 Å². The molecule has 1 heterocycles. The van der Waals surface area contributed by atoms with Crippen molar-refractivity contribution in [3.8, 4) is 17.2 Å². The van der Waals surface area contributed by atoms with Crippen LogP contribution >= 0.6 is 11.6 Å². The number of nitrogens with zero attached hydrogens (tertiary/aromatic N) is 1. The van der Waals surface area contributed by atoms with Gasteiger partial charge in [0.2, 0.25) is 5.89 Å². The predicted octanol–water partition coefficient (Wildman–Crippen LogP) is 3.88. The van der Waals surface area contributed by atoms with Crippen molar-refractivity contribution < 1.29 is 13.5 Å². The molecule has 0 radical (unpaired) electrons. The molecule has 4 nitrogen and oxygen atoms in total. The average molecular weight is 293 g/mol. The Bertz CT molecular complexity index is 762. The molecule has 0 unspecified atom stereocenters. The van der Waals surface area contributed by atoms with Crippen LogP contribution in [0.5, 0.6) is 5.75 Å².